The van der Waals surface area contributed by atoms with Crippen molar-refractivity contribution >= 4 is 5.82 Å². The zero-order valence-corrected chi connectivity index (χ0v) is 9.82. The molecule has 1 aliphatic rings. The van der Waals surface area contributed by atoms with Crippen molar-refractivity contribution in [2.75, 3.05) is 5.73 Å². The van der Waals surface area contributed by atoms with Crippen LogP contribution in [0.5, 0.6) is 0 Å². The van der Waals surface area contributed by atoms with E-state index in [1.54, 1.807) is 6.20 Å². The Morgan fingerprint density at radius 3 is 3.12 bits per heavy atom. The maximum atomic E-state index is 10.6. The first-order chi connectivity index (χ1) is 7.65. The van der Waals surface area contributed by atoms with Crippen LogP contribution in [0.25, 0.3) is 0 Å². The van der Waals surface area contributed by atoms with E-state index in [9.17, 15) is 5.11 Å². The van der Waals surface area contributed by atoms with E-state index in [-0.39, 0.29) is 0 Å². The number of rotatable bonds is 3. The van der Waals surface area contributed by atoms with E-state index in [2.05, 4.69) is 11.9 Å². The van der Waals surface area contributed by atoms with Crippen molar-refractivity contribution < 1.29 is 5.11 Å². The van der Waals surface area contributed by atoms with Crippen molar-refractivity contribution in [1.82, 2.24) is 4.98 Å². The molecule has 1 aliphatic carbocycles. The van der Waals surface area contributed by atoms with E-state index < -0.39 is 5.60 Å². The van der Waals surface area contributed by atoms with Crippen LogP contribution in [-0.2, 0) is 6.42 Å². The topological polar surface area (TPSA) is 59.1 Å². The monoisotopic (exact) mass is 220 g/mol. The Morgan fingerprint density at radius 2 is 2.44 bits per heavy atom. The van der Waals surface area contributed by atoms with E-state index in [0.29, 0.717) is 18.2 Å². The van der Waals surface area contributed by atoms with E-state index in [1.807, 2.05) is 12.1 Å². The summed E-state index contributed by atoms with van der Waals surface area (Å²) >= 11 is 0. The molecule has 3 nitrogen and oxygen atoms in total. The molecule has 0 aliphatic heterocycles. The fraction of sp³-hybridized carbons (Fsp3) is 0.615. The number of pyridine rings is 1. The van der Waals surface area contributed by atoms with Crippen molar-refractivity contribution in [1.29, 1.82) is 0 Å². The minimum absolute atomic E-state index is 0.409. The zero-order chi connectivity index (χ0) is 11.6. The highest BCUT2D eigenvalue weighted by atomic mass is 16.3. The molecule has 0 amide bonds. The highest BCUT2D eigenvalue weighted by molar-refractivity contribution is 5.39. The smallest absolute Gasteiger partial charge is 0.126 e. The third kappa shape index (κ3) is 2.05. The molecular weight excluding hydrogens is 200 g/mol. The van der Waals surface area contributed by atoms with Crippen LogP contribution in [-0.4, -0.2) is 15.7 Å². The summed E-state index contributed by atoms with van der Waals surface area (Å²) in [6.07, 6.45) is 6.51. The van der Waals surface area contributed by atoms with Crippen molar-refractivity contribution in [2.45, 2.75) is 44.6 Å². The van der Waals surface area contributed by atoms with Gasteiger partial charge in [0.1, 0.15) is 5.82 Å². The molecule has 0 radical (unpaired) electrons. The third-order valence-corrected chi connectivity index (χ3v) is 3.84. The molecule has 1 aromatic heterocycles. The predicted octanol–water partition coefficient (Wildman–Crippen LogP) is 2.15. The fourth-order valence-electron chi connectivity index (χ4n) is 2.87. The summed E-state index contributed by atoms with van der Waals surface area (Å²) in [6, 6.07) is 3.84. The normalized spacial score (nSPS) is 29.5. The van der Waals surface area contributed by atoms with Gasteiger partial charge in [-0.15, -0.1) is 0 Å². The molecule has 0 bridgehead atoms. The number of nitrogen functional groups attached to an aromatic ring is 1. The number of nitrogens with two attached hydrogens (primary N) is 1. The molecule has 3 heteroatoms. The first-order valence-corrected chi connectivity index (χ1v) is 6.07. The summed E-state index contributed by atoms with van der Waals surface area (Å²) in [5, 5.41) is 10.6. The summed E-state index contributed by atoms with van der Waals surface area (Å²) < 4.78 is 0. The van der Waals surface area contributed by atoms with Crippen LogP contribution in [0.2, 0.25) is 0 Å². The Hall–Kier alpha value is -1.09. The van der Waals surface area contributed by atoms with Gasteiger partial charge in [0, 0.05) is 12.6 Å². The van der Waals surface area contributed by atoms with Gasteiger partial charge in [-0.3, -0.25) is 0 Å². The number of aromatic nitrogens is 1. The van der Waals surface area contributed by atoms with Gasteiger partial charge in [0.15, 0.2) is 0 Å². The zero-order valence-electron chi connectivity index (χ0n) is 9.82. The van der Waals surface area contributed by atoms with Gasteiger partial charge >= 0.3 is 0 Å². The highest BCUT2D eigenvalue weighted by Crippen LogP contribution is 2.40. The number of hydrogen-bond acceptors (Lipinski definition) is 3. The third-order valence-electron chi connectivity index (χ3n) is 3.84. The SMILES string of the molecule is CCC1CCCC1(O)Cc1cccnc1N. The number of aliphatic hydroxyl groups is 1. The quantitative estimate of drug-likeness (QED) is 0.820. The van der Waals surface area contributed by atoms with Gasteiger partial charge in [0.05, 0.1) is 5.60 Å². The lowest BCUT2D eigenvalue weighted by molar-refractivity contribution is 0.00155. The minimum atomic E-state index is -0.564. The van der Waals surface area contributed by atoms with Gasteiger partial charge in [0.25, 0.3) is 0 Å². The molecule has 0 aromatic carbocycles. The average Bonchev–Trinajstić information content (AvgIpc) is 2.63. The molecule has 1 aromatic rings. The Kier molecular flexibility index (Phi) is 3.15. The molecule has 0 saturated heterocycles. The molecule has 3 N–H and O–H groups in total. The average molecular weight is 220 g/mol. The van der Waals surface area contributed by atoms with Gasteiger partial charge in [0.2, 0.25) is 0 Å². The molecule has 2 unspecified atom stereocenters. The van der Waals surface area contributed by atoms with Gasteiger partial charge in [-0.05, 0) is 30.4 Å². The standard InChI is InChI=1S/C13H20N2O/c1-2-11-6-3-7-13(11,16)9-10-5-4-8-15-12(10)14/h4-5,8,11,16H,2-3,6-7,9H2,1H3,(H2,14,15). The maximum Gasteiger partial charge on any atom is 0.126 e. The Morgan fingerprint density at radius 1 is 1.62 bits per heavy atom. The van der Waals surface area contributed by atoms with Gasteiger partial charge in [-0.25, -0.2) is 4.98 Å². The number of hydrogen-bond donors (Lipinski definition) is 2. The van der Waals surface area contributed by atoms with Gasteiger partial charge in [-0.2, -0.15) is 0 Å². The molecule has 2 rings (SSSR count). The Labute approximate surface area is 96.7 Å². The molecule has 1 fully saturated rings. The Bertz CT molecular complexity index is 367. The maximum absolute atomic E-state index is 10.6. The fourth-order valence-corrected chi connectivity index (χ4v) is 2.87. The van der Waals surface area contributed by atoms with Crippen LogP contribution >= 0.6 is 0 Å². The largest absolute Gasteiger partial charge is 0.389 e. The lowest BCUT2D eigenvalue weighted by Crippen LogP contribution is -2.35. The summed E-state index contributed by atoms with van der Waals surface area (Å²) in [7, 11) is 0. The first kappa shape index (κ1) is 11.4. The molecule has 16 heavy (non-hydrogen) atoms. The van der Waals surface area contributed by atoms with Crippen molar-refractivity contribution in [3.63, 3.8) is 0 Å². The predicted molar refractivity (Wildman–Crippen MR) is 64.9 cm³/mol. The van der Waals surface area contributed by atoms with E-state index in [4.69, 9.17) is 5.73 Å². The second-order valence-electron chi connectivity index (χ2n) is 4.83. The summed E-state index contributed by atoms with van der Waals surface area (Å²) in [5.41, 5.74) is 6.24. The first-order valence-electron chi connectivity index (χ1n) is 6.07. The molecule has 2 atom stereocenters. The second-order valence-corrected chi connectivity index (χ2v) is 4.83. The van der Waals surface area contributed by atoms with Crippen LogP contribution in [0.1, 0.15) is 38.2 Å². The van der Waals surface area contributed by atoms with Crippen LogP contribution < -0.4 is 5.73 Å². The van der Waals surface area contributed by atoms with Crippen molar-refractivity contribution in [3.8, 4) is 0 Å². The van der Waals surface area contributed by atoms with Crippen LogP contribution in [0.3, 0.4) is 0 Å². The molecule has 1 saturated carbocycles. The highest BCUT2D eigenvalue weighted by Gasteiger charge is 2.40. The van der Waals surface area contributed by atoms with E-state index in [0.717, 1.165) is 31.2 Å². The van der Waals surface area contributed by atoms with E-state index >= 15 is 0 Å². The molecular formula is C13H20N2O. The molecule has 0 spiro atoms. The summed E-state index contributed by atoms with van der Waals surface area (Å²) in [6.45, 7) is 2.15. The van der Waals surface area contributed by atoms with Crippen LogP contribution in [0.15, 0.2) is 18.3 Å². The lowest BCUT2D eigenvalue weighted by Gasteiger charge is -2.29. The van der Waals surface area contributed by atoms with Crippen molar-refractivity contribution in [3.05, 3.63) is 23.9 Å². The van der Waals surface area contributed by atoms with Gasteiger partial charge in [-0.1, -0.05) is 25.8 Å². The van der Waals surface area contributed by atoms with E-state index in [1.165, 1.54) is 0 Å². The second kappa shape index (κ2) is 4.42. The minimum Gasteiger partial charge on any atom is -0.389 e. The molecule has 88 valence electrons. The Balaban J connectivity index is 2.17. The van der Waals surface area contributed by atoms with Crippen LogP contribution in [0.4, 0.5) is 5.82 Å². The number of anilines is 1. The summed E-state index contributed by atoms with van der Waals surface area (Å²) in [4.78, 5) is 4.07. The number of nitrogens with zero attached hydrogens (tertiary/aromatic N) is 1. The van der Waals surface area contributed by atoms with Crippen molar-refractivity contribution in [2.24, 2.45) is 5.92 Å². The van der Waals surface area contributed by atoms with Crippen LogP contribution in [0, 0.1) is 5.92 Å². The molecule has 1 heterocycles. The van der Waals surface area contributed by atoms with Gasteiger partial charge < -0.3 is 10.8 Å². The lowest BCUT2D eigenvalue weighted by atomic mass is 9.83. The summed E-state index contributed by atoms with van der Waals surface area (Å²) in [5.74, 6) is 0.963.